The molecule has 6 nitrogen and oxygen atoms in total. The van der Waals surface area contributed by atoms with Crippen LogP contribution in [0, 0.1) is 0 Å². The summed E-state index contributed by atoms with van der Waals surface area (Å²) in [7, 11) is 0. The summed E-state index contributed by atoms with van der Waals surface area (Å²) in [6.45, 7) is 5.46. The zero-order chi connectivity index (χ0) is 23.3. The third kappa shape index (κ3) is 3.56. The van der Waals surface area contributed by atoms with E-state index in [1.807, 2.05) is 19.1 Å². The fourth-order valence-corrected chi connectivity index (χ4v) is 6.41. The molecular formula is C28H33N4O2+. The van der Waals surface area contributed by atoms with Crippen LogP contribution in [0.25, 0.3) is 21.5 Å². The van der Waals surface area contributed by atoms with Crippen molar-refractivity contribution >= 4 is 33.3 Å². The van der Waals surface area contributed by atoms with Gasteiger partial charge in [0.15, 0.2) is 0 Å². The minimum Gasteiger partial charge on any atom is -0.460 e. The Morgan fingerprint density at radius 3 is 2.32 bits per heavy atom. The molecule has 3 fully saturated rings. The highest BCUT2D eigenvalue weighted by Crippen LogP contribution is 2.31. The van der Waals surface area contributed by atoms with Crippen LogP contribution in [-0.2, 0) is 4.79 Å². The highest BCUT2D eigenvalue weighted by molar-refractivity contribution is 6.16. The van der Waals surface area contributed by atoms with Gasteiger partial charge in [0.2, 0.25) is 5.91 Å². The first-order chi connectivity index (χ1) is 16.5. The summed E-state index contributed by atoms with van der Waals surface area (Å²) < 4.78 is 2.15. The first kappa shape index (κ1) is 21.6. The fourth-order valence-electron chi connectivity index (χ4n) is 6.41. The van der Waals surface area contributed by atoms with Gasteiger partial charge in [-0.05, 0) is 53.9 Å². The van der Waals surface area contributed by atoms with Gasteiger partial charge in [-0.25, -0.2) is 0 Å². The Morgan fingerprint density at radius 1 is 1.06 bits per heavy atom. The van der Waals surface area contributed by atoms with Crippen molar-refractivity contribution < 1.29 is 14.5 Å². The summed E-state index contributed by atoms with van der Waals surface area (Å²) in [5.41, 5.74) is 0.496. The molecule has 2 unspecified atom stereocenters. The number of fused-ring (bicyclic) bond motifs is 2. The van der Waals surface area contributed by atoms with E-state index in [2.05, 4.69) is 62.6 Å². The van der Waals surface area contributed by atoms with E-state index in [1.54, 1.807) is 0 Å². The second-order valence-electron chi connectivity index (χ2n) is 10.2. The topological polar surface area (TPSA) is 67.6 Å². The summed E-state index contributed by atoms with van der Waals surface area (Å²) in [6.07, 6.45) is 3.95. The van der Waals surface area contributed by atoms with Crippen LogP contribution in [0.1, 0.15) is 38.2 Å². The van der Waals surface area contributed by atoms with E-state index in [0.717, 1.165) is 79.0 Å². The summed E-state index contributed by atoms with van der Waals surface area (Å²) >= 11 is 0. The Kier molecular flexibility index (Phi) is 5.30. The van der Waals surface area contributed by atoms with Gasteiger partial charge in [-0.1, -0.05) is 48.5 Å². The number of likely N-dealkylation sites (tertiary alicyclic amines) is 1. The van der Waals surface area contributed by atoms with Crippen LogP contribution in [0.3, 0.4) is 0 Å². The minimum absolute atomic E-state index is 0.0383. The lowest BCUT2D eigenvalue weighted by Crippen LogP contribution is -2.61. The van der Waals surface area contributed by atoms with E-state index in [1.165, 1.54) is 0 Å². The molecule has 2 atom stereocenters. The van der Waals surface area contributed by atoms with Crippen molar-refractivity contribution in [3.8, 4) is 0 Å². The molecule has 3 saturated heterocycles. The normalized spacial score (nSPS) is 28.0. The van der Waals surface area contributed by atoms with Crippen molar-refractivity contribution in [3.05, 3.63) is 60.2 Å². The van der Waals surface area contributed by atoms with Gasteiger partial charge in [-0.15, -0.1) is 0 Å². The number of nitrogens with zero attached hydrogens (tertiary/aromatic N) is 2. The van der Waals surface area contributed by atoms with E-state index >= 15 is 0 Å². The monoisotopic (exact) mass is 457 g/mol. The van der Waals surface area contributed by atoms with Gasteiger partial charge in [0.25, 0.3) is 0 Å². The second-order valence-corrected chi connectivity index (χ2v) is 10.2. The molecule has 3 aromatic rings. The molecule has 6 rings (SSSR count). The number of rotatable bonds is 2. The Bertz CT molecular complexity index is 1240. The van der Waals surface area contributed by atoms with E-state index in [0.29, 0.717) is 11.9 Å². The lowest BCUT2D eigenvalue weighted by molar-refractivity contribution is -0.546. The van der Waals surface area contributed by atoms with Crippen LogP contribution in [0.15, 0.2) is 54.6 Å². The summed E-state index contributed by atoms with van der Waals surface area (Å²) in [5.74, 6) is 0.531. The zero-order valence-corrected chi connectivity index (χ0v) is 19.8. The number of amides is 1. The van der Waals surface area contributed by atoms with Crippen LogP contribution in [0.2, 0.25) is 0 Å². The minimum atomic E-state index is -0.440. The van der Waals surface area contributed by atoms with Crippen molar-refractivity contribution in [1.82, 2.24) is 15.5 Å². The van der Waals surface area contributed by atoms with Crippen LogP contribution in [0.5, 0.6) is 0 Å². The van der Waals surface area contributed by atoms with E-state index in [-0.39, 0.29) is 12.1 Å². The van der Waals surface area contributed by atoms with Gasteiger partial charge in [0.05, 0.1) is 6.17 Å². The number of hydrogen-bond donors (Lipinski definition) is 3. The molecule has 6 heteroatoms. The Morgan fingerprint density at radius 2 is 1.71 bits per heavy atom. The first-order valence-corrected chi connectivity index (χ1v) is 12.6. The number of aliphatic hydroxyl groups is 1. The van der Waals surface area contributed by atoms with Crippen molar-refractivity contribution in [2.75, 3.05) is 26.2 Å². The van der Waals surface area contributed by atoms with Crippen molar-refractivity contribution in [2.45, 2.75) is 50.4 Å². The summed E-state index contributed by atoms with van der Waals surface area (Å²) in [4.78, 5) is 15.2. The standard InChI is InChI=1S/C28H32N4O2/c1-19-29-27(34)28(30-19)13-6-14-32(18-28)22-11-15-31(16-12-22)26(33)25-23-9-4-2-7-20(23)17-21-8-3-5-10-24(21)25/h2-5,7-10,17,19,22,30H,6,11-16,18H2,1H3,(H,29,34)/p+1. The maximum atomic E-state index is 12.7. The summed E-state index contributed by atoms with van der Waals surface area (Å²) in [6, 6.07) is 19.3. The Labute approximate surface area is 200 Å². The molecule has 3 aliphatic heterocycles. The number of hydrogen-bond acceptors (Lipinski definition) is 3. The third-order valence-electron chi connectivity index (χ3n) is 8.07. The van der Waals surface area contributed by atoms with E-state index in [4.69, 9.17) is 0 Å². The van der Waals surface area contributed by atoms with Crippen LogP contribution < -0.4 is 10.6 Å². The molecule has 0 aromatic heterocycles. The van der Waals surface area contributed by atoms with Gasteiger partial charge >= 0.3 is 5.90 Å². The number of aliphatic hydroxyl groups excluding tert-OH is 1. The maximum Gasteiger partial charge on any atom is 0.368 e. The van der Waals surface area contributed by atoms with E-state index < -0.39 is 5.54 Å². The maximum absolute atomic E-state index is 12.7. The number of piperidine rings is 2. The molecule has 3 heterocycles. The van der Waals surface area contributed by atoms with Crippen molar-refractivity contribution in [2.24, 2.45) is 0 Å². The number of benzene rings is 3. The highest BCUT2D eigenvalue weighted by atomic mass is 16.3. The molecule has 3 aromatic carbocycles. The zero-order valence-electron chi connectivity index (χ0n) is 19.8. The van der Waals surface area contributed by atoms with Gasteiger partial charge in [0, 0.05) is 25.4 Å². The van der Waals surface area contributed by atoms with E-state index in [9.17, 15) is 9.90 Å². The van der Waals surface area contributed by atoms with Crippen LogP contribution in [-0.4, -0.2) is 70.3 Å². The molecule has 3 N–H and O–H groups in total. The number of nitrogens with one attached hydrogen (secondary N) is 2. The molecule has 34 heavy (non-hydrogen) atoms. The first-order valence-electron chi connectivity index (χ1n) is 12.6. The third-order valence-corrected chi connectivity index (χ3v) is 8.07. The Hall–Kier alpha value is -2.96. The number of carbonyl (C=O) groups is 1. The molecule has 3 aliphatic rings. The average molecular weight is 458 g/mol. The average Bonchev–Trinajstić information content (AvgIpc) is 3.13. The molecule has 1 spiro atoms. The SMILES string of the molecule is CC1NC(=O)C2(CCCN(C3CC[N+](=C(O)c4c5ccccc5cc5ccccc45)CC3)C2)N1. The predicted octanol–water partition coefficient (Wildman–Crippen LogP) is 3.37. The molecule has 0 radical (unpaired) electrons. The van der Waals surface area contributed by atoms with Gasteiger partial charge < -0.3 is 10.4 Å². The smallest absolute Gasteiger partial charge is 0.368 e. The lowest BCUT2D eigenvalue weighted by Gasteiger charge is -2.43. The predicted molar refractivity (Wildman–Crippen MR) is 135 cm³/mol. The lowest BCUT2D eigenvalue weighted by atomic mass is 9.87. The van der Waals surface area contributed by atoms with Crippen molar-refractivity contribution in [3.63, 3.8) is 0 Å². The highest BCUT2D eigenvalue weighted by Gasteiger charge is 2.48. The second kappa shape index (κ2) is 8.36. The molecule has 0 bridgehead atoms. The van der Waals surface area contributed by atoms with Gasteiger partial charge in [-0.3, -0.25) is 15.0 Å². The molecule has 0 aliphatic carbocycles. The molecule has 1 amide bonds. The van der Waals surface area contributed by atoms with Gasteiger partial charge in [-0.2, -0.15) is 4.58 Å². The Balaban J connectivity index is 1.27. The van der Waals surface area contributed by atoms with Gasteiger partial charge in [0.1, 0.15) is 24.2 Å². The van der Waals surface area contributed by atoms with Crippen molar-refractivity contribution in [1.29, 1.82) is 0 Å². The fraction of sp³-hybridized carbons (Fsp3) is 0.429. The van der Waals surface area contributed by atoms with Crippen LogP contribution in [0.4, 0.5) is 0 Å². The summed E-state index contributed by atoms with van der Waals surface area (Å²) in [5, 5.41) is 22.6. The molecular weight excluding hydrogens is 424 g/mol. The quantitative estimate of drug-likeness (QED) is 0.314. The largest absolute Gasteiger partial charge is 0.460 e. The molecule has 0 saturated carbocycles. The van der Waals surface area contributed by atoms with Crippen LogP contribution >= 0.6 is 0 Å². The number of carbonyl (C=O) groups excluding carboxylic acids is 1. The molecule has 176 valence electrons.